The minimum atomic E-state index is -0.261. The lowest BCUT2D eigenvalue weighted by Crippen LogP contribution is -2.11. The number of para-hydroxylation sites is 1. The maximum Gasteiger partial charge on any atom is 0.286 e. The fourth-order valence-corrected chi connectivity index (χ4v) is 2.37. The third kappa shape index (κ3) is 3.05. The maximum atomic E-state index is 11.9. The van der Waals surface area contributed by atoms with Gasteiger partial charge in [-0.2, -0.15) is 0 Å². The van der Waals surface area contributed by atoms with Gasteiger partial charge in [-0.15, -0.1) is 10.2 Å². The first-order chi connectivity index (χ1) is 8.70. The zero-order valence-corrected chi connectivity index (χ0v) is 12.0. The van der Waals surface area contributed by atoms with E-state index in [1.54, 1.807) is 0 Å². The van der Waals surface area contributed by atoms with E-state index in [2.05, 4.69) is 36.8 Å². The van der Waals surface area contributed by atoms with Gasteiger partial charge in [0.1, 0.15) is 0 Å². The first-order valence-electron chi connectivity index (χ1n) is 5.34. The summed E-state index contributed by atoms with van der Waals surface area (Å²) in [7, 11) is 0. The van der Waals surface area contributed by atoms with Gasteiger partial charge < -0.3 is 10.6 Å². The van der Waals surface area contributed by atoms with Gasteiger partial charge in [0.15, 0.2) is 0 Å². The molecule has 5 nitrogen and oxygen atoms in total. The van der Waals surface area contributed by atoms with E-state index in [0.717, 1.165) is 11.0 Å². The van der Waals surface area contributed by atoms with E-state index in [1.165, 1.54) is 11.3 Å². The molecule has 0 radical (unpaired) electrons. The Morgan fingerprint density at radius 1 is 1.39 bits per heavy atom. The lowest BCUT2D eigenvalue weighted by molar-refractivity contribution is 0.102. The predicted octanol–water partition coefficient (Wildman–Crippen LogP) is 2.98. The number of amides is 1. The van der Waals surface area contributed by atoms with Crippen LogP contribution in [0, 0.1) is 0 Å². The fourth-order valence-electron chi connectivity index (χ4n) is 1.28. The molecule has 18 heavy (non-hydrogen) atoms. The molecule has 0 saturated heterocycles. The van der Waals surface area contributed by atoms with Crippen LogP contribution in [-0.2, 0) is 0 Å². The van der Waals surface area contributed by atoms with Gasteiger partial charge in [-0.05, 0) is 35.0 Å². The van der Waals surface area contributed by atoms with Crippen molar-refractivity contribution in [2.45, 2.75) is 6.92 Å². The number of halogens is 1. The Morgan fingerprint density at radius 2 is 2.17 bits per heavy atom. The second kappa shape index (κ2) is 5.92. The zero-order valence-electron chi connectivity index (χ0n) is 9.61. The quantitative estimate of drug-likeness (QED) is 0.906. The number of hydrogen-bond acceptors (Lipinski definition) is 5. The van der Waals surface area contributed by atoms with Crippen molar-refractivity contribution >= 4 is 44.0 Å². The van der Waals surface area contributed by atoms with Gasteiger partial charge in [0.25, 0.3) is 5.91 Å². The number of hydrogen-bond donors (Lipinski definition) is 2. The topological polar surface area (TPSA) is 66.9 Å². The molecule has 0 aliphatic heterocycles. The number of anilines is 2. The van der Waals surface area contributed by atoms with Crippen LogP contribution in [0.4, 0.5) is 10.8 Å². The summed E-state index contributed by atoms with van der Waals surface area (Å²) in [5.74, 6) is -0.261. The molecule has 0 atom stereocenters. The molecule has 0 spiro atoms. The minimum Gasteiger partial charge on any atom is -0.360 e. The number of carbonyl (C=O) groups is 1. The molecule has 2 N–H and O–H groups in total. The summed E-state index contributed by atoms with van der Waals surface area (Å²) >= 11 is 4.60. The summed E-state index contributed by atoms with van der Waals surface area (Å²) in [6, 6.07) is 7.41. The van der Waals surface area contributed by atoms with Gasteiger partial charge in [-0.25, -0.2) is 0 Å². The number of nitrogens with zero attached hydrogens (tertiary/aromatic N) is 2. The Hall–Kier alpha value is -1.47. The van der Waals surface area contributed by atoms with E-state index in [9.17, 15) is 4.79 Å². The molecule has 1 aromatic heterocycles. The number of nitrogens with one attached hydrogen (secondary N) is 2. The highest BCUT2D eigenvalue weighted by Gasteiger charge is 2.13. The van der Waals surface area contributed by atoms with Crippen molar-refractivity contribution in [2.75, 3.05) is 17.2 Å². The Kier molecular flexibility index (Phi) is 4.27. The molecule has 0 aliphatic carbocycles. The molecule has 1 heterocycles. The molecule has 0 saturated carbocycles. The fraction of sp³-hybridized carbons (Fsp3) is 0.182. The van der Waals surface area contributed by atoms with Crippen molar-refractivity contribution in [3.05, 3.63) is 33.7 Å². The number of aromatic nitrogens is 2. The monoisotopic (exact) mass is 326 g/mol. The van der Waals surface area contributed by atoms with Gasteiger partial charge in [-0.3, -0.25) is 4.79 Å². The van der Waals surface area contributed by atoms with Gasteiger partial charge in [0.05, 0.1) is 5.69 Å². The molecule has 0 fully saturated rings. The smallest absolute Gasteiger partial charge is 0.286 e. The van der Waals surface area contributed by atoms with Crippen LogP contribution in [0.15, 0.2) is 28.7 Å². The normalized spacial score (nSPS) is 10.1. The van der Waals surface area contributed by atoms with E-state index in [1.807, 2.05) is 31.2 Å². The van der Waals surface area contributed by atoms with Crippen LogP contribution in [0.2, 0.25) is 0 Å². The summed E-state index contributed by atoms with van der Waals surface area (Å²) < 4.78 is 0.828. The van der Waals surface area contributed by atoms with E-state index >= 15 is 0 Å². The molecule has 7 heteroatoms. The molecule has 0 bridgehead atoms. The number of rotatable bonds is 4. The lowest BCUT2D eigenvalue weighted by Gasteiger charge is -2.04. The largest absolute Gasteiger partial charge is 0.360 e. The van der Waals surface area contributed by atoms with Crippen molar-refractivity contribution in [3.8, 4) is 0 Å². The Balaban J connectivity index is 2.10. The third-order valence-electron chi connectivity index (χ3n) is 2.07. The summed E-state index contributed by atoms with van der Waals surface area (Å²) in [4.78, 5) is 11.9. The lowest BCUT2D eigenvalue weighted by atomic mass is 10.3. The second-order valence-corrected chi connectivity index (χ2v) is 5.21. The number of carbonyl (C=O) groups excluding carboxylic acids is 1. The Morgan fingerprint density at radius 3 is 2.89 bits per heavy atom. The molecule has 2 rings (SSSR count). The van der Waals surface area contributed by atoms with Crippen LogP contribution in [-0.4, -0.2) is 22.6 Å². The van der Waals surface area contributed by atoms with Crippen molar-refractivity contribution in [3.63, 3.8) is 0 Å². The summed E-state index contributed by atoms with van der Waals surface area (Å²) in [5, 5.41) is 14.5. The Bertz CT molecular complexity index is 557. The van der Waals surface area contributed by atoms with Crippen molar-refractivity contribution in [1.82, 2.24) is 10.2 Å². The molecule has 0 unspecified atom stereocenters. The van der Waals surface area contributed by atoms with Crippen molar-refractivity contribution in [2.24, 2.45) is 0 Å². The molecule has 0 aliphatic rings. The Labute approximate surface area is 117 Å². The standard InChI is InChI=1S/C11H11BrN4OS/c1-2-13-11-16-15-10(18-11)9(17)14-8-6-4-3-5-7(8)12/h3-6H,2H2,1H3,(H,13,16)(H,14,17). The first-order valence-corrected chi connectivity index (χ1v) is 6.95. The van der Waals surface area contributed by atoms with E-state index in [4.69, 9.17) is 0 Å². The predicted molar refractivity (Wildman–Crippen MR) is 76.2 cm³/mol. The minimum absolute atomic E-state index is 0.261. The second-order valence-electron chi connectivity index (χ2n) is 3.38. The van der Waals surface area contributed by atoms with Crippen molar-refractivity contribution in [1.29, 1.82) is 0 Å². The van der Waals surface area contributed by atoms with Crippen LogP contribution in [0.1, 0.15) is 16.7 Å². The number of benzene rings is 1. The molecular weight excluding hydrogens is 316 g/mol. The highest BCUT2D eigenvalue weighted by Crippen LogP contribution is 2.23. The first kappa shape index (κ1) is 13.0. The molecule has 2 aromatic rings. The summed E-state index contributed by atoms with van der Waals surface area (Å²) in [6.45, 7) is 2.71. The average molecular weight is 327 g/mol. The SMILES string of the molecule is CCNc1nnc(C(=O)Nc2ccccc2Br)s1. The molecule has 94 valence electrons. The van der Waals surface area contributed by atoms with Gasteiger partial charge in [-0.1, -0.05) is 23.5 Å². The van der Waals surface area contributed by atoms with Crippen LogP contribution >= 0.6 is 27.3 Å². The van der Waals surface area contributed by atoms with Crippen LogP contribution < -0.4 is 10.6 Å². The molecule has 1 amide bonds. The maximum absolute atomic E-state index is 11.9. The zero-order chi connectivity index (χ0) is 13.0. The van der Waals surface area contributed by atoms with Gasteiger partial charge in [0.2, 0.25) is 10.1 Å². The summed E-state index contributed by atoms with van der Waals surface area (Å²) in [6.07, 6.45) is 0. The molecular formula is C11H11BrN4OS. The highest BCUT2D eigenvalue weighted by atomic mass is 79.9. The van der Waals surface area contributed by atoms with Crippen molar-refractivity contribution < 1.29 is 4.79 Å². The van der Waals surface area contributed by atoms with Crippen LogP contribution in [0.5, 0.6) is 0 Å². The van der Waals surface area contributed by atoms with Crippen LogP contribution in [0.3, 0.4) is 0 Å². The van der Waals surface area contributed by atoms with E-state index in [-0.39, 0.29) is 5.91 Å². The van der Waals surface area contributed by atoms with E-state index < -0.39 is 0 Å². The third-order valence-corrected chi connectivity index (χ3v) is 3.64. The summed E-state index contributed by atoms with van der Waals surface area (Å²) in [5.41, 5.74) is 0.711. The van der Waals surface area contributed by atoms with Crippen LogP contribution in [0.25, 0.3) is 0 Å². The van der Waals surface area contributed by atoms with E-state index in [0.29, 0.717) is 15.8 Å². The van der Waals surface area contributed by atoms with Gasteiger partial charge in [0, 0.05) is 11.0 Å². The molecule has 1 aromatic carbocycles. The van der Waals surface area contributed by atoms with Gasteiger partial charge >= 0.3 is 0 Å². The average Bonchev–Trinajstić information content (AvgIpc) is 2.81. The highest BCUT2D eigenvalue weighted by molar-refractivity contribution is 9.10.